The molecular formula is C31H42N2O6. The summed E-state index contributed by atoms with van der Waals surface area (Å²) in [5.41, 5.74) is 1.93. The summed E-state index contributed by atoms with van der Waals surface area (Å²) in [5.74, 6) is 0.217. The smallest absolute Gasteiger partial charge is 0.295 e. The van der Waals surface area contributed by atoms with Crippen LogP contribution in [0.5, 0.6) is 17.2 Å². The molecule has 1 N–H and O–H groups in total. The fraction of sp³-hybridized carbons (Fsp3) is 0.484. The van der Waals surface area contributed by atoms with Crippen LogP contribution in [0, 0.1) is 6.92 Å². The zero-order valence-corrected chi connectivity index (χ0v) is 24.1. The number of likely N-dealkylation sites (tertiary alicyclic amines) is 1. The molecule has 8 heteroatoms. The van der Waals surface area contributed by atoms with Crippen molar-refractivity contribution in [2.45, 2.75) is 53.0 Å². The fourth-order valence-corrected chi connectivity index (χ4v) is 4.93. The second-order valence-electron chi connectivity index (χ2n) is 9.67. The van der Waals surface area contributed by atoms with Gasteiger partial charge in [0.25, 0.3) is 11.7 Å². The molecule has 1 aliphatic rings. The van der Waals surface area contributed by atoms with Crippen LogP contribution < -0.4 is 14.2 Å². The molecule has 39 heavy (non-hydrogen) atoms. The summed E-state index contributed by atoms with van der Waals surface area (Å²) in [4.78, 5) is 30.6. The van der Waals surface area contributed by atoms with Crippen LogP contribution in [-0.4, -0.2) is 73.6 Å². The van der Waals surface area contributed by atoms with E-state index in [1.54, 1.807) is 43.4 Å². The third-order valence-corrected chi connectivity index (χ3v) is 7.29. The average molecular weight is 539 g/mol. The van der Waals surface area contributed by atoms with E-state index in [2.05, 4.69) is 25.7 Å². The lowest BCUT2D eigenvalue weighted by Gasteiger charge is -2.28. The van der Waals surface area contributed by atoms with E-state index in [0.29, 0.717) is 48.1 Å². The number of hydrogen-bond donors (Lipinski definition) is 1. The number of ether oxygens (including phenoxy) is 3. The molecule has 2 aromatic rings. The highest BCUT2D eigenvalue weighted by atomic mass is 16.5. The fourth-order valence-electron chi connectivity index (χ4n) is 4.93. The number of aliphatic hydroxyl groups excluding tert-OH is 1. The summed E-state index contributed by atoms with van der Waals surface area (Å²) in [6.45, 7) is 11.3. The molecule has 1 amide bonds. The van der Waals surface area contributed by atoms with E-state index in [0.717, 1.165) is 37.9 Å². The monoisotopic (exact) mass is 538 g/mol. The first kappa shape index (κ1) is 30.0. The molecule has 0 aromatic heterocycles. The summed E-state index contributed by atoms with van der Waals surface area (Å²) < 4.78 is 16.9. The van der Waals surface area contributed by atoms with E-state index in [-0.39, 0.29) is 11.3 Å². The highest BCUT2D eigenvalue weighted by molar-refractivity contribution is 6.46. The van der Waals surface area contributed by atoms with Gasteiger partial charge in [-0.1, -0.05) is 39.7 Å². The van der Waals surface area contributed by atoms with Crippen molar-refractivity contribution in [2.75, 3.05) is 47.0 Å². The van der Waals surface area contributed by atoms with Gasteiger partial charge in [0.2, 0.25) is 0 Å². The third kappa shape index (κ3) is 6.74. The lowest BCUT2D eigenvalue weighted by atomic mass is 9.93. The summed E-state index contributed by atoms with van der Waals surface area (Å²) in [5, 5.41) is 11.5. The summed E-state index contributed by atoms with van der Waals surface area (Å²) in [6.07, 6.45) is 3.11. The van der Waals surface area contributed by atoms with E-state index >= 15 is 0 Å². The normalized spacial score (nSPS) is 16.7. The Balaban J connectivity index is 2.10. The van der Waals surface area contributed by atoms with Crippen LogP contribution in [-0.2, 0) is 9.59 Å². The summed E-state index contributed by atoms with van der Waals surface area (Å²) in [7, 11) is 3.14. The Kier molecular flexibility index (Phi) is 10.8. The van der Waals surface area contributed by atoms with Gasteiger partial charge in [0.1, 0.15) is 11.5 Å². The molecule has 1 fully saturated rings. The lowest BCUT2D eigenvalue weighted by Crippen LogP contribution is -2.38. The van der Waals surface area contributed by atoms with Crippen LogP contribution in [0.3, 0.4) is 0 Å². The van der Waals surface area contributed by atoms with E-state index in [4.69, 9.17) is 14.2 Å². The first-order chi connectivity index (χ1) is 18.8. The van der Waals surface area contributed by atoms with Gasteiger partial charge in [0.15, 0.2) is 11.5 Å². The van der Waals surface area contributed by atoms with Gasteiger partial charge in [-0.15, -0.1) is 0 Å². The second-order valence-corrected chi connectivity index (χ2v) is 9.67. The number of nitrogens with zero attached hydrogens (tertiary/aromatic N) is 2. The number of Topliss-reactive ketones (excluding diaryl/α,β-unsaturated/α-hetero) is 1. The van der Waals surface area contributed by atoms with Crippen LogP contribution in [0.15, 0.2) is 42.0 Å². The summed E-state index contributed by atoms with van der Waals surface area (Å²) in [6, 6.07) is 9.89. The van der Waals surface area contributed by atoms with E-state index in [1.807, 2.05) is 19.1 Å². The number of rotatable bonds is 14. The van der Waals surface area contributed by atoms with Crippen LogP contribution >= 0.6 is 0 Å². The number of aliphatic hydroxyl groups is 1. The largest absolute Gasteiger partial charge is 0.507 e. The van der Waals surface area contributed by atoms with Crippen LogP contribution in [0.2, 0.25) is 0 Å². The number of amides is 1. The van der Waals surface area contributed by atoms with Crippen molar-refractivity contribution in [3.8, 4) is 17.2 Å². The molecule has 1 saturated heterocycles. The van der Waals surface area contributed by atoms with Crippen molar-refractivity contribution >= 4 is 17.4 Å². The number of carbonyl (C=O) groups is 2. The number of likely N-dealkylation sites (N-methyl/N-ethyl adjacent to an activating group) is 1. The molecule has 1 heterocycles. The molecule has 1 atom stereocenters. The molecule has 2 aromatic carbocycles. The minimum absolute atomic E-state index is 0.0616. The maximum absolute atomic E-state index is 13.5. The van der Waals surface area contributed by atoms with Crippen LogP contribution in [0.25, 0.3) is 5.76 Å². The maximum Gasteiger partial charge on any atom is 0.295 e. The number of benzene rings is 2. The van der Waals surface area contributed by atoms with E-state index in [1.165, 1.54) is 0 Å². The molecule has 0 saturated carbocycles. The Bertz CT molecular complexity index is 1190. The van der Waals surface area contributed by atoms with Gasteiger partial charge < -0.3 is 29.1 Å². The van der Waals surface area contributed by atoms with Crippen molar-refractivity contribution in [1.82, 2.24) is 9.80 Å². The Morgan fingerprint density at radius 1 is 0.974 bits per heavy atom. The molecule has 1 aliphatic heterocycles. The third-order valence-electron chi connectivity index (χ3n) is 7.29. The van der Waals surface area contributed by atoms with Crippen LogP contribution in [0.1, 0.15) is 62.8 Å². The first-order valence-corrected chi connectivity index (χ1v) is 13.8. The van der Waals surface area contributed by atoms with Gasteiger partial charge >= 0.3 is 0 Å². The Hall–Kier alpha value is -3.52. The average Bonchev–Trinajstić information content (AvgIpc) is 3.20. The quantitative estimate of drug-likeness (QED) is 0.150. The molecule has 0 aliphatic carbocycles. The first-order valence-electron chi connectivity index (χ1n) is 13.8. The zero-order chi connectivity index (χ0) is 28.5. The predicted molar refractivity (Wildman–Crippen MR) is 153 cm³/mol. The van der Waals surface area contributed by atoms with Crippen molar-refractivity contribution in [2.24, 2.45) is 0 Å². The van der Waals surface area contributed by atoms with Gasteiger partial charge in [-0.25, -0.2) is 0 Å². The Morgan fingerprint density at radius 3 is 2.33 bits per heavy atom. The van der Waals surface area contributed by atoms with Crippen molar-refractivity contribution in [1.29, 1.82) is 0 Å². The van der Waals surface area contributed by atoms with E-state index in [9.17, 15) is 14.7 Å². The van der Waals surface area contributed by atoms with Gasteiger partial charge in [-0.3, -0.25) is 9.59 Å². The summed E-state index contributed by atoms with van der Waals surface area (Å²) >= 11 is 0. The minimum Gasteiger partial charge on any atom is -0.507 e. The van der Waals surface area contributed by atoms with Crippen molar-refractivity contribution in [3.05, 3.63) is 58.7 Å². The maximum atomic E-state index is 13.5. The number of methoxy groups -OCH3 is 2. The number of carbonyl (C=O) groups excluding carboxylic acids is 2. The standard InChI is InChI=1S/C31H42N2O6/c1-7-10-11-18-39-25-15-12-22(20-26(25)38-6)28-27(29(34)24-14-13-23(37-5)19-21(24)4)30(35)31(36)33(28)17-16-32(8-2)9-3/h12-15,19-20,28,34H,7-11,16-18H2,1-6H3/b29-27+. The minimum atomic E-state index is -0.773. The van der Waals surface area contributed by atoms with E-state index < -0.39 is 17.7 Å². The van der Waals surface area contributed by atoms with Gasteiger partial charge in [0, 0.05) is 18.7 Å². The number of hydrogen-bond acceptors (Lipinski definition) is 7. The predicted octanol–water partition coefficient (Wildman–Crippen LogP) is 5.34. The second kappa shape index (κ2) is 14.0. The highest BCUT2D eigenvalue weighted by Gasteiger charge is 2.46. The number of unbranched alkanes of at least 4 members (excludes halogenated alkanes) is 2. The number of ketones is 1. The van der Waals surface area contributed by atoms with Crippen molar-refractivity contribution in [3.63, 3.8) is 0 Å². The number of aryl methyl sites for hydroxylation is 1. The molecule has 0 bridgehead atoms. The Labute approximate surface area is 232 Å². The van der Waals surface area contributed by atoms with Gasteiger partial charge in [-0.05, 0) is 67.9 Å². The molecule has 8 nitrogen and oxygen atoms in total. The Morgan fingerprint density at radius 2 is 1.72 bits per heavy atom. The van der Waals surface area contributed by atoms with Crippen molar-refractivity contribution < 1.29 is 28.9 Å². The molecule has 0 radical (unpaired) electrons. The molecular weight excluding hydrogens is 496 g/mol. The zero-order valence-electron chi connectivity index (χ0n) is 24.1. The topological polar surface area (TPSA) is 88.5 Å². The lowest BCUT2D eigenvalue weighted by molar-refractivity contribution is -0.140. The highest BCUT2D eigenvalue weighted by Crippen LogP contribution is 2.42. The van der Waals surface area contributed by atoms with Crippen LogP contribution in [0.4, 0.5) is 0 Å². The SMILES string of the molecule is CCCCCOc1ccc(C2/C(=C(\O)c3ccc(OC)cc3C)C(=O)C(=O)N2CCN(CC)CC)cc1OC. The molecule has 0 spiro atoms. The van der Waals surface area contributed by atoms with Gasteiger partial charge in [-0.2, -0.15) is 0 Å². The van der Waals surface area contributed by atoms with Gasteiger partial charge in [0.05, 0.1) is 32.4 Å². The molecule has 1 unspecified atom stereocenters. The molecule has 212 valence electrons. The molecule has 3 rings (SSSR count).